The molecule has 0 saturated carbocycles. The monoisotopic (exact) mass is 291 g/mol. The Morgan fingerprint density at radius 1 is 1.40 bits per heavy atom. The van der Waals surface area contributed by atoms with Gasteiger partial charge in [-0.3, -0.25) is 0 Å². The zero-order valence-electron chi connectivity index (χ0n) is 11.0. The lowest BCUT2D eigenvalue weighted by atomic mass is 10.1. The van der Waals surface area contributed by atoms with E-state index < -0.39 is 0 Å². The summed E-state index contributed by atoms with van der Waals surface area (Å²) in [6.07, 6.45) is 1.00. The number of aromatic nitrogens is 2. The van der Waals surface area contributed by atoms with E-state index in [1.54, 1.807) is 6.07 Å². The lowest BCUT2D eigenvalue weighted by Gasteiger charge is -2.12. The number of fused-ring (bicyclic) bond motifs is 1. The first-order chi connectivity index (χ1) is 9.78. The number of furan rings is 1. The molecule has 0 spiro atoms. The first kappa shape index (κ1) is 13.2. The maximum Gasteiger partial charge on any atom is 0.134 e. The van der Waals surface area contributed by atoms with E-state index in [9.17, 15) is 4.39 Å². The molecule has 0 saturated heterocycles. The summed E-state index contributed by atoms with van der Waals surface area (Å²) in [6, 6.07) is 6.21. The van der Waals surface area contributed by atoms with Crippen molar-refractivity contribution >= 4 is 22.5 Å². The molecule has 3 aromatic rings. The summed E-state index contributed by atoms with van der Waals surface area (Å²) in [5.41, 5.74) is 1.50. The van der Waals surface area contributed by atoms with Crippen molar-refractivity contribution in [2.75, 3.05) is 6.54 Å². The first-order valence-corrected chi connectivity index (χ1v) is 7.31. The summed E-state index contributed by atoms with van der Waals surface area (Å²) in [5, 5.41) is 10.1. The predicted molar refractivity (Wildman–Crippen MR) is 76.2 cm³/mol. The second-order valence-corrected chi connectivity index (χ2v) is 5.16. The number of rotatable bonds is 5. The van der Waals surface area contributed by atoms with Crippen LogP contribution < -0.4 is 5.32 Å². The Hall–Kier alpha value is -1.79. The molecule has 4 nitrogen and oxygen atoms in total. The molecule has 1 unspecified atom stereocenters. The fourth-order valence-electron chi connectivity index (χ4n) is 2.11. The maximum absolute atomic E-state index is 13.2. The molecule has 1 atom stereocenters. The number of halogens is 1. The fourth-order valence-corrected chi connectivity index (χ4v) is 2.59. The minimum Gasteiger partial charge on any atom is -0.459 e. The van der Waals surface area contributed by atoms with E-state index in [0.717, 1.165) is 29.8 Å². The Balaban J connectivity index is 1.99. The molecule has 0 aliphatic carbocycles. The van der Waals surface area contributed by atoms with Crippen molar-refractivity contribution < 1.29 is 8.81 Å². The van der Waals surface area contributed by atoms with Crippen molar-refractivity contribution in [3.8, 4) is 0 Å². The molecule has 6 heteroatoms. The van der Waals surface area contributed by atoms with Gasteiger partial charge in [-0.15, -0.1) is 5.10 Å². The molecule has 0 amide bonds. The van der Waals surface area contributed by atoms with Crippen molar-refractivity contribution in [1.29, 1.82) is 0 Å². The van der Waals surface area contributed by atoms with Gasteiger partial charge in [0.2, 0.25) is 0 Å². The lowest BCUT2D eigenvalue weighted by molar-refractivity contribution is 0.463. The first-order valence-electron chi connectivity index (χ1n) is 6.47. The second-order valence-electron chi connectivity index (χ2n) is 4.55. The van der Waals surface area contributed by atoms with Crippen LogP contribution in [0, 0.1) is 5.82 Å². The lowest BCUT2D eigenvalue weighted by Crippen LogP contribution is -2.23. The van der Waals surface area contributed by atoms with Crippen molar-refractivity contribution in [1.82, 2.24) is 14.9 Å². The van der Waals surface area contributed by atoms with Crippen LogP contribution in [-0.4, -0.2) is 16.1 Å². The number of nitrogens with zero attached hydrogens (tertiary/aromatic N) is 2. The smallest absolute Gasteiger partial charge is 0.134 e. The van der Waals surface area contributed by atoms with E-state index in [1.165, 1.54) is 23.7 Å². The van der Waals surface area contributed by atoms with Crippen molar-refractivity contribution in [3.63, 3.8) is 0 Å². The predicted octanol–water partition coefficient (Wildman–Crippen LogP) is 3.51. The van der Waals surface area contributed by atoms with Gasteiger partial charge in [-0.2, -0.15) is 0 Å². The minimum atomic E-state index is -0.266. The SMILES string of the molecule is CCCNC(c1csnn1)c1cc2cc(F)ccc2o1. The van der Waals surface area contributed by atoms with Gasteiger partial charge < -0.3 is 9.73 Å². The summed E-state index contributed by atoms with van der Waals surface area (Å²) < 4.78 is 23.0. The van der Waals surface area contributed by atoms with Gasteiger partial charge in [0, 0.05) is 10.8 Å². The number of hydrogen-bond donors (Lipinski definition) is 1. The molecule has 20 heavy (non-hydrogen) atoms. The van der Waals surface area contributed by atoms with Gasteiger partial charge in [0.15, 0.2) is 0 Å². The van der Waals surface area contributed by atoms with Gasteiger partial charge in [0.25, 0.3) is 0 Å². The summed E-state index contributed by atoms with van der Waals surface area (Å²) >= 11 is 1.30. The van der Waals surface area contributed by atoms with E-state index in [2.05, 4.69) is 21.8 Å². The summed E-state index contributed by atoms with van der Waals surface area (Å²) in [5.74, 6) is 0.463. The molecular weight excluding hydrogens is 277 g/mol. The molecule has 0 aliphatic heterocycles. The molecule has 0 fully saturated rings. The molecule has 2 heterocycles. The topological polar surface area (TPSA) is 51.0 Å². The van der Waals surface area contributed by atoms with E-state index in [-0.39, 0.29) is 11.9 Å². The van der Waals surface area contributed by atoms with Crippen LogP contribution in [0.15, 0.2) is 34.1 Å². The van der Waals surface area contributed by atoms with Crippen molar-refractivity contribution in [3.05, 3.63) is 46.9 Å². The highest BCUT2D eigenvalue weighted by Crippen LogP contribution is 2.28. The Kier molecular flexibility index (Phi) is 3.75. The van der Waals surface area contributed by atoms with E-state index in [4.69, 9.17) is 4.42 Å². The number of hydrogen-bond acceptors (Lipinski definition) is 5. The number of nitrogens with one attached hydrogen (secondary N) is 1. The Morgan fingerprint density at radius 2 is 2.30 bits per heavy atom. The van der Waals surface area contributed by atoms with Crippen LogP contribution in [0.4, 0.5) is 4.39 Å². The molecular formula is C14H14FN3OS. The molecule has 0 radical (unpaired) electrons. The highest BCUT2D eigenvalue weighted by Gasteiger charge is 2.20. The van der Waals surface area contributed by atoms with E-state index in [0.29, 0.717) is 5.58 Å². The third-order valence-corrected chi connectivity index (χ3v) is 3.58. The molecule has 104 valence electrons. The van der Waals surface area contributed by atoms with Crippen LogP contribution in [0.1, 0.15) is 30.8 Å². The molecule has 0 bridgehead atoms. The summed E-state index contributed by atoms with van der Waals surface area (Å²) in [6.45, 7) is 2.94. The second kappa shape index (κ2) is 5.68. The molecule has 3 rings (SSSR count). The van der Waals surface area contributed by atoms with Crippen LogP contribution in [-0.2, 0) is 0 Å². The Labute approximate surface area is 119 Å². The van der Waals surface area contributed by atoms with Crippen LogP contribution in [0.2, 0.25) is 0 Å². The largest absolute Gasteiger partial charge is 0.459 e. The van der Waals surface area contributed by atoms with Gasteiger partial charge >= 0.3 is 0 Å². The third-order valence-electron chi connectivity index (χ3n) is 3.05. The van der Waals surface area contributed by atoms with Gasteiger partial charge in [-0.25, -0.2) is 4.39 Å². The van der Waals surface area contributed by atoms with E-state index in [1.807, 2.05) is 11.4 Å². The maximum atomic E-state index is 13.2. The van der Waals surface area contributed by atoms with Crippen molar-refractivity contribution in [2.24, 2.45) is 0 Å². The third kappa shape index (κ3) is 2.57. The standard InChI is InChI=1S/C14H14FN3OS/c1-2-5-16-14(11-8-20-18-17-11)13-7-9-6-10(15)3-4-12(9)19-13/h3-4,6-8,14,16H,2,5H2,1H3. The Bertz CT molecular complexity index is 696. The van der Waals surface area contributed by atoms with Gasteiger partial charge in [0.1, 0.15) is 28.9 Å². The van der Waals surface area contributed by atoms with Crippen LogP contribution in [0.25, 0.3) is 11.0 Å². The zero-order valence-corrected chi connectivity index (χ0v) is 11.8. The zero-order chi connectivity index (χ0) is 13.9. The fraction of sp³-hybridized carbons (Fsp3) is 0.286. The highest BCUT2D eigenvalue weighted by atomic mass is 32.1. The van der Waals surface area contributed by atoms with Crippen LogP contribution in [0.3, 0.4) is 0 Å². The minimum absolute atomic E-state index is 0.149. The molecule has 1 N–H and O–H groups in total. The van der Waals surface area contributed by atoms with E-state index >= 15 is 0 Å². The normalized spacial score (nSPS) is 12.9. The van der Waals surface area contributed by atoms with Crippen molar-refractivity contribution in [2.45, 2.75) is 19.4 Å². The van der Waals surface area contributed by atoms with Gasteiger partial charge in [-0.05, 0) is 48.8 Å². The Morgan fingerprint density at radius 3 is 3.05 bits per heavy atom. The molecule has 1 aromatic carbocycles. The number of benzene rings is 1. The highest BCUT2D eigenvalue weighted by molar-refractivity contribution is 7.03. The van der Waals surface area contributed by atoms with Crippen LogP contribution in [0.5, 0.6) is 0 Å². The molecule has 0 aliphatic rings. The molecule has 2 aromatic heterocycles. The van der Waals surface area contributed by atoms with Gasteiger partial charge in [0.05, 0.1) is 0 Å². The average Bonchev–Trinajstić information content (AvgIpc) is 3.08. The quantitative estimate of drug-likeness (QED) is 0.781. The summed E-state index contributed by atoms with van der Waals surface area (Å²) in [7, 11) is 0. The summed E-state index contributed by atoms with van der Waals surface area (Å²) in [4.78, 5) is 0. The van der Waals surface area contributed by atoms with Gasteiger partial charge in [-0.1, -0.05) is 11.4 Å². The van der Waals surface area contributed by atoms with Crippen LogP contribution >= 0.6 is 11.5 Å². The average molecular weight is 291 g/mol.